The van der Waals surface area contributed by atoms with Crippen molar-refractivity contribution < 1.29 is 0 Å². The summed E-state index contributed by atoms with van der Waals surface area (Å²) < 4.78 is 0. The monoisotopic (exact) mass is 261 g/mol. The first kappa shape index (κ1) is 11.6. The number of anilines is 1. The number of hydrogen-bond donors (Lipinski definition) is 2. The Hall–Kier alpha value is -1.48. The summed E-state index contributed by atoms with van der Waals surface area (Å²) in [6, 6.07) is 7.80. The lowest BCUT2D eigenvalue weighted by molar-refractivity contribution is 0.578. The molecule has 0 heterocycles. The zero-order chi connectivity index (χ0) is 12.5. The van der Waals surface area contributed by atoms with E-state index in [9.17, 15) is 0 Å². The van der Waals surface area contributed by atoms with Crippen LogP contribution in [0.2, 0.25) is 5.02 Å². The molecule has 3 N–H and O–H groups in total. The van der Waals surface area contributed by atoms with Crippen LogP contribution in [0, 0.1) is 11.8 Å². The predicted molar refractivity (Wildman–Crippen MR) is 75.8 cm³/mol. The Morgan fingerprint density at radius 2 is 2.00 bits per heavy atom. The minimum atomic E-state index is 0.347. The van der Waals surface area contributed by atoms with Crippen LogP contribution in [0.5, 0.6) is 0 Å². The topological polar surface area (TPSA) is 50.4 Å². The fraction of sp³-hybridized carbons (Fsp3) is 0.357. The molecule has 1 aromatic carbocycles. The highest BCUT2D eigenvalue weighted by Gasteiger charge is 2.35. The summed E-state index contributed by atoms with van der Waals surface area (Å²) in [5, 5.41) is 3.82. The molecule has 3 unspecified atom stereocenters. The van der Waals surface area contributed by atoms with Gasteiger partial charge in [-0.2, -0.15) is 0 Å². The zero-order valence-electron chi connectivity index (χ0n) is 10.0. The summed E-state index contributed by atoms with van der Waals surface area (Å²) >= 11 is 5.83. The van der Waals surface area contributed by atoms with Crippen LogP contribution in [-0.2, 0) is 0 Å². The summed E-state index contributed by atoms with van der Waals surface area (Å²) in [6.07, 6.45) is 6.95. The molecule has 4 heteroatoms. The van der Waals surface area contributed by atoms with Crippen LogP contribution < -0.4 is 11.1 Å². The van der Waals surface area contributed by atoms with Crippen LogP contribution in [0.1, 0.15) is 12.8 Å². The van der Waals surface area contributed by atoms with Gasteiger partial charge in [-0.15, -0.1) is 0 Å². The van der Waals surface area contributed by atoms with Gasteiger partial charge in [0.1, 0.15) is 0 Å². The average molecular weight is 262 g/mol. The molecule has 0 saturated heterocycles. The molecule has 1 fully saturated rings. The SMILES string of the molecule is NC(=NC1CC2C=CC1C2)Nc1ccc(Cl)cc1. The van der Waals surface area contributed by atoms with E-state index in [4.69, 9.17) is 17.3 Å². The van der Waals surface area contributed by atoms with Gasteiger partial charge in [0.25, 0.3) is 0 Å². The van der Waals surface area contributed by atoms with E-state index in [1.54, 1.807) is 0 Å². The smallest absolute Gasteiger partial charge is 0.193 e. The van der Waals surface area contributed by atoms with E-state index in [2.05, 4.69) is 22.5 Å². The van der Waals surface area contributed by atoms with Crippen molar-refractivity contribution in [1.82, 2.24) is 0 Å². The van der Waals surface area contributed by atoms with Gasteiger partial charge in [-0.05, 0) is 48.9 Å². The van der Waals surface area contributed by atoms with Gasteiger partial charge < -0.3 is 11.1 Å². The first-order valence-corrected chi connectivity index (χ1v) is 6.63. The van der Waals surface area contributed by atoms with Gasteiger partial charge in [0.15, 0.2) is 5.96 Å². The molecule has 0 aliphatic heterocycles. The van der Waals surface area contributed by atoms with Gasteiger partial charge in [0.05, 0.1) is 6.04 Å². The summed E-state index contributed by atoms with van der Waals surface area (Å²) in [5.74, 6) is 1.79. The van der Waals surface area contributed by atoms with Crippen molar-refractivity contribution in [1.29, 1.82) is 0 Å². The lowest BCUT2D eigenvalue weighted by Gasteiger charge is -2.15. The number of halogens is 1. The lowest BCUT2D eigenvalue weighted by atomic mass is 10.0. The molecular formula is C14H16ClN3. The van der Waals surface area contributed by atoms with Gasteiger partial charge in [-0.25, -0.2) is 4.99 Å². The highest BCUT2D eigenvalue weighted by molar-refractivity contribution is 6.30. The molecule has 3 rings (SSSR count). The number of benzene rings is 1. The van der Waals surface area contributed by atoms with E-state index in [-0.39, 0.29) is 0 Å². The van der Waals surface area contributed by atoms with Crippen LogP contribution in [0.4, 0.5) is 5.69 Å². The zero-order valence-corrected chi connectivity index (χ0v) is 10.8. The molecule has 3 nitrogen and oxygen atoms in total. The maximum absolute atomic E-state index is 5.94. The second kappa shape index (κ2) is 4.65. The quantitative estimate of drug-likeness (QED) is 0.488. The van der Waals surface area contributed by atoms with Crippen molar-refractivity contribution in [3.63, 3.8) is 0 Å². The lowest BCUT2D eigenvalue weighted by Crippen LogP contribution is -2.26. The van der Waals surface area contributed by atoms with Crippen molar-refractivity contribution in [2.75, 3.05) is 5.32 Å². The number of nitrogens with one attached hydrogen (secondary N) is 1. The molecule has 0 aromatic heterocycles. The molecule has 3 atom stereocenters. The van der Waals surface area contributed by atoms with E-state index in [0.29, 0.717) is 28.9 Å². The van der Waals surface area contributed by atoms with Gasteiger partial charge >= 0.3 is 0 Å². The van der Waals surface area contributed by atoms with Crippen molar-refractivity contribution in [2.24, 2.45) is 22.6 Å². The first-order chi connectivity index (χ1) is 8.70. The Morgan fingerprint density at radius 3 is 2.61 bits per heavy atom. The minimum absolute atomic E-state index is 0.347. The van der Waals surface area contributed by atoms with Crippen LogP contribution in [0.15, 0.2) is 41.4 Å². The second-order valence-corrected chi connectivity index (χ2v) is 5.43. The van der Waals surface area contributed by atoms with Crippen molar-refractivity contribution in [3.8, 4) is 0 Å². The molecule has 94 valence electrons. The van der Waals surface area contributed by atoms with E-state index < -0.39 is 0 Å². The predicted octanol–water partition coefficient (Wildman–Crippen LogP) is 3.03. The third-order valence-corrected chi connectivity index (χ3v) is 3.92. The normalized spacial score (nSPS) is 29.8. The molecule has 2 bridgehead atoms. The Bertz CT molecular complexity index is 492. The van der Waals surface area contributed by atoms with E-state index in [0.717, 1.165) is 12.1 Å². The maximum Gasteiger partial charge on any atom is 0.193 e. The largest absolute Gasteiger partial charge is 0.370 e. The van der Waals surface area contributed by atoms with E-state index in [1.807, 2.05) is 24.3 Å². The molecule has 0 radical (unpaired) electrons. The molecule has 1 saturated carbocycles. The van der Waals surface area contributed by atoms with Crippen LogP contribution in [0.3, 0.4) is 0 Å². The number of allylic oxidation sites excluding steroid dienone is 1. The molecule has 0 spiro atoms. The number of rotatable bonds is 2. The summed E-state index contributed by atoms with van der Waals surface area (Å²) in [4.78, 5) is 4.58. The standard InChI is InChI=1S/C14H16ClN3/c15-11-3-5-12(6-4-11)17-14(16)18-13-8-9-1-2-10(13)7-9/h1-6,9-10,13H,7-8H2,(H3,16,17,18). The summed E-state index contributed by atoms with van der Waals surface area (Å²) in [7, 11) is 0. The highest BCUT2D eigenvalue weighted by atomic mass is 35.5. The van der Waals surface area contributed by atoms with Crippen molar-refractivity contribution in [2.45, 2.75) is 18.9 Å². The maximum atomic E-state index is 5.94. The van der Waals surface area contributed by atoms with Crippen LogP contribution in [-0.4, -0.2) is 12.0 Å². The summed E-state index contributed by atoms with van der Waals surface area (Å²) in [6.45, 7) is 0. The highest BCUT2D eigenvalue weighted by Crippen LogP contribution is 2.40. The third-order valence-electron chi connectivity index (χ3n) is 3.67. The number of hydrogen-bond acceptors (Lipinski definition) is 1. The number of guanidine groups is 1. The molecule has 1 aromatic rings. The fourth-order valence-electron chi connectivity index (χ4n) is 2.79. The van der Waals surface area contributed by atoms with E-state index in [1.165, 1.54) is 6.42 Å². The van der Waals surface area contributed by atoms with Crippen molar-refractivity contribution >= 4 is 23.2 Å². The number of nitrogens with zero attached hydrogens (tertiary/aromatic N) is 1. The molecule has 18 heavy (non-hydrogen) atoms. The molecule has 2 aliphatic rings. The number of nitrogens with two attached hydrogens (primary N) is 1. The van der Waals surface area contributed by atoms with Crippen LogP contribution in [0.25, 0.3) is 0 Å². The third kappa shape index (κ3) is 2.36. The van der Waals surface area contributed by atoms with Crippen LogP contribution >= 0.6 is 11.6 Å². The molecule has 0 amide bonds. The Labute approximate surface area is 112 Å². The Balaban J connectivity index is 1.66. The molecule has 2 aliphatic carbocycles. The Kier molecular flexibility index (Phi) is 3.00. The van der Waals surface area contributed by atoms with Crippen molar-refractivity contribution in [3.05, 3.63) is 41.4 Å². The average Bonchev–Trinajstić information content (AvgIpc) is 2.94. The van der Waals surface area contributed by atoms with Gasteiger partial charge in [0, 0.05) is 10.7 Å². The second-order valence-electron chi connectivity index (χ2n) is 4.99. The van der Waals surface area contributed by atoms with Gasteiger partial charge in [0.2, 0.25) is 0 Å². The summed E-state index contributed by atoms with van der Waals surface area (Å²) in [5.41, 5.74) is 6.85. The molecular weight excluding hydrogens is 246 g/mol. The Morgan fingerprint density at radius 1 is 1.22 bits per heavy atom. The van der Waals surface area contributed by atoms with Gasteiger partial charge in [-0.3, -0.25) is 0 Å². The first-order valence-electron chi connectivity index (χ1n) is 6.25. The number of aliphatic imine (C=N–C) groups is 1. The fourth-order valence-corrected chi connectivity index (χ4v) is 2.92. The van der Waals surface area contributed by atoms with E-state index >= 15 is 0 Å². The van der Waals surface area contributed by atoms with Gasteiger partial charge in [-0.1, -0.05) is 23.8 Å². The number of fused-ring (bicyclic) bond motifs is 2. The minimum Gasteiger partial charge on any atom is -0.370 e.